The average Bonchev–Trinajstić information content (AvgIpc) is 2.91. The van der Waals surface area contributed by atoms with Crippen molar-refractivity contribution in [2.45, 2.75) is 38.0 Å². The summed E-state index contributed by atoms with van der Waals surface area (Å²) in [5.41, 5.74) is 0.639. The molecule has 2 heterocycles. The zero-order valence-electron chi connectivity index (χ0n) is 13.0. The van der Waals surface area contributed by atoms with E-state index < -0.39 is 30.1 Å². The summed E-state index contributed by atoms with van der Waals surface area (Å²) < 4.78 is 0.507. The van der Waals surface area contributed by atoms with Crippen molar-refractivity contribution >= 4 is 33.7 Å². The van der Waals surface area contributed by atoms with Crippen molar-refractivity contribution in [3.8, 4) is 0 Å². The summed E-state index contributed by atoms with van der Waals surface area (Å²) in [6.45, 7) is 1.37. The van der Waals surface area contributed by atoms with Crippen LogP contribution >= 0.6 is 15.9 Å². The van der Waals surface area contributed by atoms with Crippen LogP contribution in [0.3, 0.4) is 0 Å². The van der Waals surface area contributed by atoms with Gasteiger partial charge in [0.25, 0.3) is 0 Å². The quantitative estimate of drug-likeness (QED) is 0.596. The number of aliphatic hydroxyl groups is 1. The first kappa shape index (κ1) is 18.3. The number of aliphatic hydroxyl groups excluding tert-OH is 1. The molecule has 0 bridgehead atoms. The predicted molar refractivity (Wildman–Crippen MR) is 87.0 cm³/mol. The molecule has 0 spiro atoms. The number of carboxylic acid groups (broad SMARTS) is 1. The van der Waals surface area contributed by atoms with Gasteiger partial charge in [-0.1, -0.05) is 6.07 Å². The molecule has 1 aromatic heterocycles. The highest BCUT2D eigenvalue weighted by molar-refractivity contribution is 9.10. The lowest BCUT2D eigenvalue weighted by Gasteiger charge is -2.24. The van der Waals surface area contributed by atoms with E-state index in [1.807, 2.05) is 0 Å². The van der Waals surface area contributed by atoms with Crippen LogP contribution in [0.4, 0.5) is 0 Å². The Morgan fingerprint density at radius 3 is 2.79 bits per heavy atom. The highest BCUT2D eigenvalue weighted by Gasteiger charge is 2.38. The summed E-state index contributed by atoms with van der Waals surface area (Å²) in [6.07, 6.45) is 0.909. The topological polar surface area (TPSA) is 120 Å². The third kappa shape index (κ3) is 4.30. The molecule has 1 saturated heterocycles. The van der Waals surface area contributed by atoms with E-state index in [9.17, 15) is 24.6 Å². The van der Waals surface area contributed by atoms with Gasteiger partial charge in [0.15, 0.2) is 0 Å². The number of halogens is 1. The first-order chi connectivity index (χ1) is 11.3. The minimum atomic E-state index is -1.19. The van der Waals surface area contributed by atoms with Gasteiger partial charge < -0.3 is 20.4 Å². The highest BCUT2D eigenvalue weighted by atomic mass is 79.9. The Hall–Kier alpha value is -2.00. The fourth-order valence-corrected chi connectivity index (χ4v) is 3.08. The molecule has 8 nitrogen and oxygen atoms in total. The molecule has 0 unspecified atom stereocenters. The number of amides is 2. The van der Waals surface area contributed by atoms with Gasteiger partial charge in [0.1, 0.15) is 16.7 Å². The van der Waals surface area contributed by atoms with Crippen molar-refractivity contribution in [3.63, 3.8) is 0 Å². The lowest BCUT2D eigenvalue weighted by Crippen LogP contribution is -2.51. The first-order valence-electron chi connectivity index (χ1n) is 7.37. The number of pyridine rings is 1. The number of hydrogen-bond donors (Lipinski definition) is 3. The van der Waals surface area contributed by atoms with E-state index in [0.29, 0.717) is 10.2 Å². The molecule has 9 heteroatoms. The van der Waals surface area contributed by atoms with E-state index in [1.54, 1.807) is 18.3 Å². The number of aromatic nitrogens is 1. The van der Waals surface area contributed by atoms with E-state index in [1.165, 1.54) is 11.8 Å². The van der Waals surface area contributed by atoms with E-state index in [0.717, 1.165) is 0 Å². The zero-order valence-corrected chi connectivity index (χ0v) is 14.6. The minimum Gasteiger partial charge on any atom is -0.480 e. The van der Waals surface area contributed by atoms with Gasteiger partial charge in [-0.2, -0.15) is 0 Å². The molecule has 0 aliphatic carbocycles. The van der Waals surface area contributed by atoms with Crippen LogP contribution < -0.4 is 5.32 Å². The maximum Gasteiger partial charge on any atom is 0.326 e. The number of β-amino-alcohol motifs (C(OH)–C–C–N with tert-alkyl or cyclic N) is 1. The summed E-state index contributed by atoms with van der Waals surface area (Å²) in [5, 5.41) is 21.5. The molecule has 2 amide bonds. The van der Waals surface area contributed by atoms with Gasteiger partial charge in [-0.25, -0.2) is 9.78 Å². The van der Waals surface area contributed by atoms with Crippen LogP contribution in [0.1, 0.15) is 18.9 Å². The summed E-state index contributed by atoms with van der Waals surface area (Å²) in [5.74, 6) is -2.12. The molecule has 130 valence electrons. The molecule has 3 N–H and O–H groups in total. The summed E-state index contributed by atoms with van der Waals surface area (Å²) >= 11 is 3.24. The van der Waals surface area contributed by atoms with Crippen molar-refractivity contribution in [1.82, 2.24) is 15.2 Å². The Kier molecular flexibility index (Phi) is 5.89. The maximum atomic E-state index is 12.4. The molecular formula is C15H18BrN3O5. The molecule has 24 heavy (non-hydrogen) atoms. The molecule has 1 aromatic rings. The number of carbonyl (C=O) groups is 3. The van der Waals surface area contributed by atoms with E-state index in [2.05, 4.69) is 26.2 Å². The fourth-order valence-electron chi connectivity index (χ4n) is 2.67. The van der Waals surface area contributed by atoms with Crippen LogP contribution in [-0.2, 0) is 20.8 Å². The Labute approximate surface area is 147 Å². The SMILES string of the molecule is CC(=O)N1C[C@H](O)C[C@H]1C(=O)N[C@@H](Cc1cccnc1Br)C(=O)O. The van der Waals surface area contributed by atoms with Crippen LogP contribution in [-0.4, -0.2) is 62.6 Å². The average molecular weight is 400 g/mol. The Morgan fingerprint density at radius 2 is 2.21 bits per heavy atom. The smallest absolute Gasteiger partial charge is 0.326 e. The van der Waals surface area contributed by atoms with Crippen molar-refractivity contribution in [1.29, 1.82) is 0 Å². The second-order valence-corrected chi connectivity index (χ2v) is 6.38. The van der Waals surface area contributed by atoms with Crippen LogP contribution in [0.15, 0.2) is 22.9 Å². The summed E-state index contributed by atoms with van der Waals surface area (Å²) in [6, 6.07) is 1.35. The monoisotopic (exact) mass is 399 g/mol. The standard InChI is InChI=1S/C15H18BrN3O5/c1-8(20)19-7-10(21)6-12(19)14(22)18-11(15(23)24)5-9-3-2-4-17-13(9)16/h2-4,10-12,21H,5-7H2,1H3,(H,18,22)(H,23,24)/t10-,11+,12+/m1/s1. The number of carbonyl (C=O) groups excluding carboxylic acids is 2. The fraction of sp³-hybridized carbons (Fsp3) is 0.467. The number of hydrogen-bond acceptors (Lipinski definition) is 5. The van der Waals surface area contributed by atoms with Crippen LogP contribution in [0.2, 0.25) is 0 Å². The second kappa shape index (κ2) is 7.71. The molecular weight excluding hydrogens is 382 g/mol. The van der Waals surface area contributed by atoms with E-state index in [-0.39, 0.29) is 25.3 Å². The third-order valence-corrected chi connectivity index (χ3v) is 4.58. The maximum absolute atomic E-state index is 12.4. The predicted octanol–water partition coefficient (Wildman–Crippen LogP) is -0.0623. The van der Waals surface area contributed by atoms with Crippen molar-refractivity contribution < 1.29 is 24.6 Å². The van der Waals surface area contributed by atoms with Gasteiger partial charge in [0.2, 0.25) is 11.8 Å². The lowest BCUT2D eigenvalue weighted by atomic mass is 10.1. The molecule has 1 aliphatic heterocycles. The molecule has 0 saturated carbocycles. The number of nitrogens with one attached hydrogen (secondary N) is 1. The molecule has 2 rings (SSSR count). The Morgan fingerprint density at radius 1 is 1.50 bits per heavy atom. The van der Waals surface area contributed by atoms with Gasteiger partial charge in [0, 0.05) is 32.5 Å². The first-order valence-corrected chi connectivity index (χ1v) is 8.16. The number of aliphatic carboxylic acids is 1. The van der Waals surface area contributed by atoms with Gasteiger partial charge in [-0.3, -0.25) is 9.59 Å². The van der Waals surface area contributed by atoms with Crippen molar-refractivity contribution in [3.05, 3.63) is 28.5 Å². The summed E-state index contributed by atoms with van der Waals surface area (Å²) in [7, 11) is 0. The third-order valence-electron chi connectivity index (χ3n) is 3.86. The highest BCUT2D eigenvalue weighted by Crippen LogP contribution is 2.19. The largest absolute Gasteiger partial charge is 0.480 e. The number of carboxylic acids is 1. The Bertz CT molecular complexity index is 654. The van der Waals surface area contributed by atoms with Gasteiger partial charge in [-0.05, 0) is 27.6 Å². The molecule has 0 radical (unpaired) electrons. The van der Waals surface area contributed by atoms with Crippen molar-refractivity contribution in [2.24, 2.45) is 0 Å². The molecule has 1 fully saturated rings. The molecule has 1 aliphatic rings. The van der Waals surface area contributed by atoms with Crippen LogP contribution in [0.5, 0.6) is 0 Å². The van der Waals surface area contributed by atoms with Gasteiger partial charge >= 0.3 is 5.97 Å². The van der Waals surface area contributed by atoms with Gasteiger partial charge in [0.05, 0.1) is 6.10 Å². The number of likely N-dealkylation sites (tertiary alicyclic amines) is 1. The number of nitrogens with zero attached hydrogens (tertiary/aromatic N) is 2. The minimum absolute atomic E-state index is 0.0465. The van der Waals surface area contributed by atoms with Crippen LogP contribution in [0, 0.1) is 0 Å². The van der Waals surface area contributed by atoms with E-state index in [4.69, 9.17) is 0 Å². The van der Waals surface area contributed by atoms with Crippen LogP contribution in [0.25, 0.3) is 0 Å². The van der Waals surface area contributed by atoms with Crippen molar-refractivity contribution in [2.75, 3.05) is 6.54 Å². The number of rotatable bonds is 5. The normalized spacial score (nSPS) is 21.4. The van der Waals surface area contributed by atoms with E-state index >= 15 is 0 Å². The lowest BCUT2D eigenvalue weighted by molar-refractivity contribution is -0.143. The summed E-state index contributed by atoms with van der Waals surface area (Å²) in [4.78, 5) is 40.7. The second-order valence-electron chi connectivity index (χ2n) is 5.63. The Balaban J connectivity index is 2.10. The van der Waals surface area contributed by atoms with Gasteiger partial charge in [-0.15, -0.1) is 0 Å². The molecule has 0 aromatic carbocycles. The molecule has 3 atom stereocenters. The zero-order chi connectivity index (χ0) is 17.9.